The van der Waals surface area contributed by atoms with Gasteiger partial charge in [-0.15, -0.1) is 0 Å². The summed E-state index contributed by atoms with van der Waals surface area (Å²) < 4.78 is 14.5. The fourth-order valence-electron chi connectivity index (χ4n) is 4.22. The van der Waals surface area contributed by atoms with Crippen LogP contribution in [0.25, 0.3) is 10.9 Å². The first kappa shape index (κ1) is 24.7. The van der Waals surface area contributed by atoms with Gasteiger partial charge in [-0.3, -0.25) is 4.79 Å². The number of Topliss-reactive ketones (excluding diaryl/α,β-unsaturated/α-hetero) is 1. The van der Waals surface area contributed by atoms with Crippen LogP contribution in [-0.4, -0.2) is 34.5 Å². The van der Waals surface area contributed by atoms with E-state index in [1.165, 1.54) is 0 Å². The number of benzene rings is 1. The van der Waals surface area contributed by atoms with E-state index in [-0.39, 0.29) is 17.1 Å². The van der Waals surface area contributed by atoms with Gasteiger partial charge in [0.05, 0.1) is 13.2 Å². The molecule has 2 aromatic rings. The minimum absolute atomic E-state index is 0.115. The monoisotopic (exact) mass is 503 g/mol. The number of carbonyl (C=O) groups is 1. The Labute approximate surface area is 199 Å². The summed E-state index contributed by atoms with van der Waals surface area (Å²) in [5.74, 6) is -0.151. The fourth-order valence-corrected chi connectivity index (χ4v) is 4.57. The summed E-state index contributed by atoms with van der Waals surface area (Å²) in [6, 6.07) is 6.10. The first-order valence-electron chi connectivity index (χ1n) is 11.1. The topological polar surface area (TPSA) is 60.7 Å². The molecule has 5 nitrogen and oxygen atoms in total. The highest BCUT2D eigenvalue weighted by atomic mass is 79.9. The molecule has 0 fully saturated rings. The molecule has 0 radical (unpaired) electrons. The fraction of sp³-hybridized carbons (Fsp3) is 0.500. The Morgan fingerprint density at radius 3 is 2.69 bits per heavy atom. The average molecular weight is 504 g/mol. The number of hydrogen-bond donors (Lipinski definition) is 1. The van der Waals surface area contributed by atoms with Gasteiger partial charge in [-0.25, -0.2) is 0 Å². The molecule has 1 aliphatic carbocycles. The Hall–Kier alpha value is -1.89. The molecule has 32 heavy (non-hydrogen) atoms. The molecule has 0 amide bonds. The van der Waals surface area contributed by atoms with Crippen LogP contribution in [0, 0.1) is 5.92 Å². The summed E-state index contributed by atoms with van der Waals surface area (Å²) in [6.07, 6.45) is 6.89. The highest BCUT2D eigenvalue weighted by molar-refractivity contribution is 9.10. The van der Waals surface area contributed by atoms with Crippen molar-refractivity contribution in [3.05, 3.63) is 57.9 Å². The van der Waals surface area contributed by atoms with E-state index < -0.39 is 5.79 Å². The number of hydrogen-bond acceptors (Lipinski definition) is 4. The highest BCUT2D eigenvalue weighted by Gasteiger charge is 2.36. The van der Waals surface area contributed by atoms with Crippen LogP contribution in [0.4, 0.5) is 0 Å². The van der Waals surface area contributed by atoms with Crippen molar-refractivity contribution in [2.24, 2.45) is 13.0 Å². The molecule has 1 N–H and O–H groups in total. The Morgan fingerprint density at radius 1 is 1.28 bits per heavy atom. The predicted molar refractivity (Wildman–Crippen MR) is 132 cm³/mol. The number of nitrogens with zero attached hydrogens (tertiary/aromatic N) is 1. The van der Waals surface area contributed by atoms with Crippen molar-refractivity contribution >= 4 is 32.6 Å². The number of halogens is 1. The molecule has 1 aromatic carbocycles. The average Bonchev–Trinajstić information content (AvgIpc) is 2.98. The molecule has 0 saturated carbocycles. The number of carbonyl (C=O) groups excluding carboxylic acids is 1. The molecule has 174 valence electrons. The zero-order valence-electron chi connectivity index (χ0n) is 19.9. The lowest BCUT2D eigenvalue weighted by Crippen LogP contribution is -2.30. The van der Waals surface area contributed by atoms with E-state index in [1.54, 1.807) is 13.8 Å². The van der Waals surface area contributed by atoms with Crippen LogP contribution in [0.15, 0.2) is 46.7 Å². The molecule has 0 bridgehead atoms. The highest BCUT2D eigenvalue weighted by Crippen LogP contribution is 2.41. The van der Waals surface area contributed by atoms with Gasteiger partial charge in [0.15, 0.2) is 11.6 Å². The molecular weight excluding hydrogens is 470 g/mol. The lowest BCUT2D eigenvalue weighted by Gasteiger charge is -2.33. The Kier molecular flexibility index (Phi) is 7.38. The molecule has 1 aliphatic rings. The van der Waals surface area contributed by atoms with E-state index >= 15 is 0 Å². The van der Waals surface area contributed by atoms with Crippen LogP contribution >= 0.6 is 15.9 Å². The summed E-state index contributed by atoms with van der Waals surface area (Å²) in [4.78, 5) is 13.4. The molecule has 6 heteroatoms. The second-order valence-corrected chi connectivity index (χ2v) is 10.5. The van der Waals surface area contributed by atoms with Crippen molar-refractivity contribution in [1.29, 1.82) is 0 Å². The Balaban J connectivity index is 1.93. The first-order chi connectivity index (χ1) is 14.9. The SMILES string of the molecule is CC1/C=C(OCCCOC(C)(C)O)\C=C/CC(=O)c2c(n(C)c3cc(Br)ccc23)C1(C)C. The lowest BCUT2D eigenvalue weighted by molar-refractivity contribution is -0.177. The zero-order chi connectivity index (χ0) is 23.7. The van der Waals surface area contributed by atoms with Gasteiger partial charge in [0, 0.05) is 51.9 Å². The van der Waals surface area contributed by atoms with Crippen LogP contribution in [0.5, 0.6) is 0 Å². The van der Waals surface area contributed by atoms with Gasteiger partial charge in [0.25, 0.3) is 0 Å². The van der Waals surface area contributed by atoms with Crippen LogP contribution in [-0.2, 0) is 21.9 Å². The lowest BCUT2D eigenvalue weighted by atomic mass is 9.74. The van der Waals surface area contributed by atoms with Crippen molar-refractivity contribution < 1.29 is 19.4 Å². The van der Waals surface area contributed by atoms with Crippen molar-refractivity contribution in [3.63, 3.8) is 0 Å². The molecule has 0 aliphatic heterocycles. The summed E-state index contributed by atoms with van der Waals surface area (Å²) in [7, 11) is 2.04. The number of rotatable bonds is 6. The summed E-state index contributed by atoms with van der Waals surface area (Å²) in [5, 5.41) is 10.7. The minimum atomic E-state index is -1.14. The zero-order valence-corrected chi connectivity index (χ0v) is 21.5. The second-order valence-electron chi connectivity index (χ2n) is 9.55. The molecular formula is C26H34BrNO4. The molecule has 1 aromatic heterocycles. The van der Waals surface area contributed by atoms with Crippen LogP contribution in [0.3, 0.4) is 0 Å². The van der Waals surface area contributed by atoms with Gasteiger partial charge in [-0.2, -0.15) is 0 Å². The Bertz CT molecular complexity index is 1060. The summed E-state index contributed by atoms with van der Waals surface area (Å²) >= 11 is 3.57. The summed E-state index contributed by atoms with van der Waals surface area (Å²) in [5.41, 5.74) is 2.62. The van der Waals surface area contributed by atoms with Gasteiger partial charge in [0.2, 0.25) is 0 Å². The van der Waals surface area contributed by atoms with E-state index in [9.17, 15) is 9.90 Å². The third-order valence-electron chi connectivity index (χ3n) is 6.20. The van der Waals surface area contributed by atoms with Gasteiger partial charge < -0.3 is 19.1 Å². The number of ether oxygens (including phenoxy) is 2. The van der Waals surface area contributed by atoms with Gasteiger partial charge >= 0.3 is 0 Å². The van der Waals surface area contributed by atoms with Crippen LogP contribution in [0.2, 0.25) is 0 Å². The van der Waals surface area contributed by atoms with Crippen LogP contribution < -0.4 is 0 Å². The molecule has 0 spiro atoms. The third-order valence-corrected chi connectivity index (χ3v) is 6.70. The number of aliphatic hydroxyl groups is 1. The summed E-state index contributed by atoms with van der Waals surface area (Å²) in [6.45, 7) is 10.7. The van der Waals surface area contributed by atoms with Gasteiger partial charge in [-0.1, -0.05) is 48.8 Å². The number of fused-ring (bicyclic) bond motifs is 3. The third kappa shape index (κ3) is 5.36. The molecule has 0 saturated heterocycles. The predicted octanol–water partition coefficient (Wildman–Crippen LogP) is 6.03. The largest absolute Gasteiger partial charge is 0.494 e. The number of ketones is 1. The Morgan fingerprint density at radius 2 is 2.00 bits per heavy atom. The van der Waals surface area contributed by atoms with Gasteiger partial charge in [-0.05, 0) is 44.1 Å². The number of allylic oxidation sites excluding steroid dienone is 3. The van der Waals surface area contributed by atoms with Crippen molar-refractivity contribution in [2.45, 2.75) is 58.7 Å². The molecule has 3 rings (SSSR count). The normalized spacial score (nSPS) is 21.7. The quantitative estimate of drug-likeness (QED) is 0.385. The smallest absolute Gasteiger partial charge is 0.169 e. The van der Waals surface area contributed by atoms with E-state index in [0.29, 0.717) is 26.1 Å². The number of aryl methyl sites for hydroxylation is 1. The molecule has 1 heterocycles. The van der Waals surface area contributed by atoms with Crippen LogP contribution in [0.1, 0.15) is 63.5 Å². The minimum Gasteiger partial charge on any atom is -0.494 e. The molecule has 1 atom stereocenters. The first-order valence-corrected chi connectivity index (χ1v) is 11.9. The van der Waals surface area contributed by atoms with Crippen molar-refractivity contribution in [2.75, 3.05) is 13.2 Å². The van der Waals surface area contributed by atoms with E-state index in [4.69, 9.17) is 9.47 Å². The van der Waals surface area contributed by atoms with Gasteiger partial charge in [0.1, 0.15) is 5.76 Å². The standard InChI is InChI=1S/C26H34BrNO4/c1-17-15-19(31-13-8-14-32-26(4,5)30)9-7-10-22(29)23-20-12-11-18(27)16-21(20)28(6)24(23)25(17,2)3/h7,9,11-12,15-17,30H,8,10,13-14H2,1-6H3/b9-7-,19-15+. The van der Waals surface area contributed by atoms with E-state index in [1.807, 2.05) is 31.3 Å². The second kappa shape index (κ2) is 9.54. The number of aromatic nitrogens is 1. The van der Waals surface area contributed by atoms with E-state index in [0.717, 1.165) is 32.4 Å². The van der Waals surface area contributed by atoms with Crippen molar-refractivity contribution in [1.82, 2.24) is 4.57 Å². The maximum absolute atomic E-state index is 13.4. The van der Waals surface area contributed by atoms with Crippen molar-refractivity contribution in [3.8, 4) is 0 Å². The maximum Gasteiger partial charge on any atom is 0.169 e. The van der Waals surface area contributed by atoms with E-state index in [2.05, 4.69) is 53.4 Å². The molecule has 1 unspecified atom stereocenters. The maximum atomic E-state index is 13.4.